The van der Waals surface area contributed by atoms with Gasteiger partial charge in [0.2, 0.25) is 0 Å². The number of hydrogen-bond donors (Lipinski definition) is 0. The third kappa shape index (κ3) is 2.92. The van der Waals surface area contributed by atoms with Crippen molar-refractivity contribution in [1.82, 2.24) is 5.01 Å². The molecule has 1 saturated heterocycles. The molecule has 0 radical (unpaired) electrons. The van der Waals surface area contributed by atoms with Gasteiger partial charge in [-0.05, 0) is 48.9 Å². The Kier molecular flexibility index (Phi) is 4.43. The van der Waals surface area contributed by atoms with E-state index in [2.05, 4.69) is 33.2 Å². The Labute approximate surface area is 179 Å². The van der Waals surface area contributed by atoms with Gasteiger partial charge < -0.3 is 4.42 Å². The molecule has 0 N–H and O–H groups in total. The first-order valence-electron chi connectivity index (χ1n) is 9.58. The van der Waals surface area contributed by atoms with Gasteiger partial charge in [-0.2, -0.15) is 10.1 Å². The van der Waals surface area contributed by atoms with Gasteiger partial charge in [0.25, 0.3) is 17.5 Å². The van der Waals surface area contributed by atoms with Crippen molar-refractivity contribution in [1.29, 1.82) is 0 Å². The molecule has 4 aliphatic rings. The fourth-order valence-corrected chi connectivity index (χ4v) is 5.07. The molecule has 3 aliphatic carbocycles. The SMILES string of the molecule is O=C1[C@@H]2[C@@H](C(=O)N1/N=C\c1ccc(-c3ccc(Br)cc3[N+](=O)[O-])o1)[C@H]1C=C[C@H]2CC1. The molecule has 2 amide bonds. The number of allylic oxidation sites excluding steroid dienone is 2. The Morgan fingerprint density at radius 1 is 1.10 bits per heavy atom. The highest BCUT2D eigenvalue weighted by Crippen LogP contribution is 2.49. The molecular weight excluding hydrogens is 454 g/mol. The lowest BCUT2D eigenvalue weighted by molar-refractivity contribution is -0.384. The van der Waals surface area contributed by atoms with E-state index in [0.717, 1.165) is 17.9 Å². The number of imide groups is 1. The van der Waals surface area contributed by atoms with Gasteiger partial charge in [-0.3, -0.25) is 19.7 Å². The number of carbonyl (C=O) groups is 2. The second kappa shape index (κ2) is 7.02. The zero-order valence-electron chi connectivity index (χ0n) is 15.6. The van der Waals surface area contributed by atoms with Gasteiger partial charge in [-0.25, -0.2) is 0 Å². The molecule has 2 heterocycles. The monoisotopic (exact) mass is 469 g/mol. The van der Waals surface area contributed by atoms with Gasteiger partial charge in [0.15, 0.2) is 0 Å². The van der Waals surface area contributed by atoms with Crippen LogP contribution < -0.4 is 0 Å². The second-order valence-electron chi connectivity index (χ2n) is 7.69. The minimum Gasteiger partial charge on any atom is -0.455 e. The Morgan fingerprint density at radius 2 is 1.77 bits per heavy atom. The highest BCUT2D eigenvalue weighted by Gasteiger charge is 2.56. The first-order chi connectivity index (χ1) is 14.4. The molecule has 152 valence electrons. The van der Waals surface area contributed by atoms with Gasteiger partial charge in [-0.15, -0.1) is 0 Å². The lowest BCUT2D eigenvalue weighted by Crippen LogP contribution is -2.38. The van der Waals surface area contributed by atoms with Crippen LogP contribution in [0.2, 0.25) is 0 Å². The molecule has 1 aromatic heterocycles. The van der Waals surface area contributed by atoms with Crippen molar-refractivity contribution in [2.45, 2.75) is 12.8 Å². The molecule has 30 heavy (non-hydrogen) atoms. The summed E-state index contributed by atoms with van der Waals surface area (Å²) >= 11 is 3.22. The molecule has 0 unspecified atom stereocenters. The van der Waals surface area contributed by atoms with Crippen LogP contribution in [0, 0.1) is 33.8 Å². The quantitative estimate of drug-likeness (QED) is 0.220. The topological polar surface area (TPSA) is 106 Å². The fourth-order valence-electron chi connectivity index (χ4n) is 4.72. The Bertz CT molecular complexity index is 1110. The Hall–Kier alpha value is -3.07. The van der Waals surface area contributed by atoms with Crippen molar-refractivity contribution < 1.29 is 18.9 Å². The molecule has 1 aromatic carbocycles. The number of furan rings is 1. The third-order valence-corrected chi connectivity index (χ3v) is 6.58. The summed E-state index contributed by atoms with van der Waals surface area (Å²) in [6, 6.07) is 7.85. The Morgan fingerprint density at radius 3 is 2.37 bits per heavy atom. The number of nitro benzene ring substituents is 1. The first kappa shape index (κ1) is 18.9. The number of hydrogen-bond acceptors (Lipinski definition) is 6. The summed E-state index contributed by atoms with van der Waals surface area (Å²) < 4.78 is 6.26. The van der Waals surface area contributed by atoms with Gasteiger partial charge in [0.1, 0.15) is 11.5 Å². The van der Waals surface area contributed by atoms with E-state index in [1.807, 2.05) is 0 Å². The van der Waals surface area contributed by atoms with Crippen molar-refractivity contribution in [3.8, 4) is 11.3 Å². The van der Waals surface area contributed by atoms with Crippen LogP contribution in [0.3, 0.4) is 0 Å². The van der Waals surface area contributed by atoms with Crippen LogP contribution in [0.15, 0.2) is 56.5 Å². The summed E-state index contributed by atoms with van der Waals surface area (Å²) in [6.45, 7) is 0. The van der Waals surface area contributed by atoms with Crippen molar-refractivity contribution in [2.24, 2.45) is 28.8 Å². The van der Waals surface area contributed by atoms with Crippen LogP contribution in [0.25, 0.3) is 11.3 Å². The van der Waals surface area contributed by atoms with E-state index < -0.39 is 4.92 Å². The van der Waals surface area contributed by atoms with E-state index in [0.29, 0.717) is 21.6 Å². The molecule has 2 bridgehead atoms. The number of carbonyl (C=O) groups excluding carboxylic acids is 2. The normalized spacial score (nSPS) is 27.3. The van der Waals surface area contributed by atoms with Crippen LogP contribution in [0.5, 0.6) is 0 Å². The van der Waals surface area contributed by atoms with Crippen LogP contribution in [-0.4, -0.2) is 28.0 Å². The summed E-state index contributed by atoms with van der Waals surface area (Å²) in [4.78, 5) is 36.4. The molecule has 0 spiro atoms. The van der Waals surface area contributed by atoms with E-state index in [9.17, 15) is 19.7 Å². The number of nitro groups is 1. The molecule has 4 atom stereocenters. The zero-order chi connectivity index (χ0) is 21.0. The fraction of sp³-hybridized carbons (Fsp3) is 0.286. The van der Waals surface area contributed by atoms with E-state index in [1.165, 1.54) is 12.3 Å². The van der Waals surface area contributed by atoms with E-state index in [1.54, 1.807) is 24.3 Å². The molecule has 9 heteroatoms. The summed E-state index contributed by atoms with van der Waals surface area (Å²) in [5.41, 5.74) is 0.226. The molecular formula is C21H16BrN3O5. The number of amides is 2. The maximum absolute atomic E-state index is 12.8. The number of nitrogens with zero attached hydrogens (tertiary/aromatic N) is 3. The van der Waals surface area contributed by atoms with Crippen LogP contribution in [-0.2, 0) is 9.59 Å². The number of benzene rings is 1. The smallest absolute Gasteiger partial charge is 0.281 e. The summed E-state index contributed by atoms with van der Waals surface area (Å²) in [5, 5.41) is 16.4. The van der Waals surface area contributed by atoms with E-state index in [-0.39, 0.29) is 41.2 Å². The summed E-state index contributed by atoms with van der Waals surface area (Å²) in [6.07, 6.45) is 7.25. The highest BCUT2D eigenvalue weighted by molar-refractivity contribution is 9.10. The minimum atomic E-state index is -0.484. The molecule has 2 fully saturated rings. The highest BCUT2D eigenvalue weighted by atomic mass is 79.9. The first-order valence-corrected chi connectivity index (χ1v) is 10.4. The maximum Gasteiger partial charge on any atom is 0.281 e. The zero-order valence-corrected chi connectivity index (χ0v) is 17.2. The Balaban J connectivity index is 1.40. The number of rotatable bonds is 4. The third-order valence-electron chi connectivity index (χ3n) is 6.09. The average molecular weight is 470 g/mol. The average Bonchev–Trinajstić information content (AvgIpc) is 3.31. The largest absolute Gasteiger partial charge is 0.455 e. The molecule has 2 aromatic rings. The van der Waals surface area contributed by atoms with E-state index >= 15 is 0 Å². The molecule has 1 saturated carbocycles. The maximum atomic E-state index is 12.8. The number of halogens is 1. The summed E-state index contributed by atoms with van der Waals surface area (Å²) in [5.74, 6) is -0.391. The standard InChI is InChI=1S/C21H16BrN3O5/c22-13-5-7-15(16(9-13)25(28)29)17-8-6-14(30-17)10-23-24-20(26)18-11-1-2-12(4-3-11)19(18)21(24)27/h1-2,5-12,18-19H,3-4H2/b23-10-/t11-,12-,18-,19-/m0/s1. The molecule has 1 aliphatic heterocycles. The predicted molar refractivity (Wildman–Crippen MR) is 110 cm³/mol. The second-order valence-corrected chi connectivity index (χ2v) is 8.61. The van der Waals surface area contributed by atoms with Crippen LogP contribution in [0.4, 0.5) is 5.69 Å². The van der Waals surface area contributed by atoms with Gasteiger partial charge in [0, 0.05) is 10.5 Å². The minimum absolute atomic E-state index is 0.0980. The van der Waals surface area contributed by atoms with Crippen molar-refractivity contribution in [3.63, 3.8) is 0 Å². The van der Waals surface area contributed by atoms with Gasteiger partial charge in [-0.1, -0.05) is 28.1 Å². The van der Waals surface area contributed by atoms with Crippen LogP contribution >= 0.6 is 15.9 Å². The number of hydrazone groups is 1. The predicted octanol–water partition coefficient (Wildman–Crippen LogP) is 4.15. The van der Waals surface area contributed by atoms with Gasteiger partial charge in [0.05, 0.1) is 28.5 Å². The van der Waals surface area contributed by atoms with Crippen molar-refractivity contribution >= 4 is 39.6 Å². The molecule has 8 nitrogen and oxygen atoms in total. The summed E-state index contributed by atoms with van der Waals surface area (Å²) in [7, 11) is 0. The van der Waals surface area contributed by atoms with Gasteiger partial charge >= 0.3 is 0 Å². The lowest BCUT2D eigenvalue weighted by Gasteiger charge is -2.37. The van der Waals surface area contributed by atoms with Crippen LogP contribution in [0.1, 0.15) is 18.6 Å². The van der Waals surface area contributed by atoms with E-state index in [4.69, 9.17) is 4.42 Å². The molecule has 6 rings (SSSR count). The van der Waals surface area contributed by atoms with Crippen molar-refractivity contribution in [3.05, 3.63) is 62.8 Å². The van der Waals surface area contributed by atoms with Crippen molar-refractivity contribution in [2.75, 3.05) is 0 Å². The lowest BCUT2D eigenvalue weighted by atomic mass is 9.63. The number of fused-ring (bicyclic) bond motifs is 1.